The van der Waals surface area contributed by atoms with Crippen LogP contribution in [0.5, 0.6) is 11.5 Å². The molecule has 0 aromatic heterocycles. The van der Waals surface area contributed by atoms with Crippen molar-refractivity contribution in [2.45, 2.75) is 18.2 Å². The summed E-state index contributed by atoms with van der Waals surface area (Å²) < 4.78 is 39.2. The fourth-order valence-electron chi connectivity index (χ4n) is 3.89. The summed E-state index contributed by atoms with van der Waals surface area (Å²) in [4.78, 5) is 12.6. The minimum Gasteiger partial charge on any atom is -0.870 e. The van der Waals surface area contributed by atoms with E-state index >= 15 is 0 Å². The number of hydrogen-bond acceptors (Lipinski definition) is 7. The first kappa shape index (κ1) is 30.8. The van der Waals surface area contributed by atoms with Gasteiger partial charge in [0, 0.05) is 22.0 Å². The van der Waals surface area contributed by atoms with Gasteiger partial charge in [0.2, 0.25) is 0 Å². The van der Waals surface area contributed by atoms with Crippen LogP contribution >= 0.6 is 23.2 Å². The Morgan fingerprint density at radius 3 is 2.41 bits per heavy atom. The Labute approximate surface area is 256 Å². The average Bonchev–Trinajstić information content (AvgIpc) is 2.88. The van der Waals surface area contributed by atoms with Crippen LogP contribution in [0.2, 0.25) is 10.0 Å². The van der Waals surface area contributed by atoms with Crippen LogP contribution in [0.15, 0.2) is 75.8 Å². The van der Waals surface area contributed by atoms with Crippen molar-refractivity contribution in [2.75, 3.05) is 12.4 Å². The second-order valence-corrected chi connectivity index (χ2v) is 10.2. The Bertz CT molecular complexity index is 1710. The molecule has 0 aliphatic carbocycles. The van der Waals surface area contributed by atoms with Gasteiger partial charge < -0.3 is 15.2 Å². The number of rotatable bonds is 7. The fourth-order valence-corrected chi connectivity index (χ4v) is 5.34. The van der Waals surface area contributed by atoms with E-state index in [1.165, 1.54) is 37.4 Å². The monoisotopic (exact) mass is 595 g/mol. The van der Waals surface area contributed by atoms with Gasteiger partial charge in [0.05, 0.1) is 23.5 Å². The van der Waals surface area contributed by atoms with Crippen molar-refractivity contribution in [3.8, 4) is 11.5 Å². The molecule has 0 aliphatic heterocycles. The first-order valence-electron chi connectivity index (χ1n) is 11.1. The maximum absolute atomic E-state index is 13.4. The molecular weight excluding hydrogens is 576 g/mol. The molecular formula is C26H20Cl2N3NaO6S. The van der Waals surface area contributed by atoms with Gasteiger partial charge in [0.1, 0.15) is 16.3 Å². The van der Waals surface area contributed by atoms with Crippen LogP contribution in [0, 0.1) is 0 Å². The van der Waals surface area contributed by atoms with Gasteiger partial charge in [-0.15, -0.1) is 5.11 Å². The molecule has 0 radical (unpaired) electrons. The van der Waals surface area contributed by atoms with Gasteiger partial charge in [-0.25, -0.2) is 0 Å². The van der Waals surface area contributed by atoms with Crippen molar-refractivity contribution >= 4 is 67.1 Å². The van der Waals surface area contributed by atoms with E-state index in [2.05, 4.69) is 15.5 Å². The van der Waals surface area contributed by atoms with Crippen molar-refractivity contribution in [1.82, 2.24) is 0 Å². The minimum atomic E-state index is -4.72. The number of ether oxygens (including phenoxy) is 1. The first-order valence-corrected chi connectivity index (χ1v) is 13.3. The summed E-state index contributed by atoms with van der Waals surface area (Å²) in [6.45, 7) is 1.66. The average molecular weight is 596 g/mol. The molecule has 0 bridgehead atoms. The van der Waals surface area contributed by atoms with E-state index in [1.54, 1.807) is 37.3 Å². The van der Waals surface area contributed by atoms with Crippen LogP contribution in [0.3, 0.4) is 0 Å². The van der Waals surface area contributed by atoms with Crippen molar-refractivity contribution in [2.24, 2.45) is 10.2 Å². The quantitative estimate of drug-likeness (QED) is 0.189. The van der Waals surface area contributed by atoms with E-state index in [9.17, 15) is 22.9 Å². The smallest absolute Gasteiger partial charge is 0.870 e. The Morgan fingerprint density at radius 1 is 1.05 bits per heavy atom. The second-order valence-electron chi connectivity index (χ2n) is 8.03. The standard InChI is InChI=1S/C26H21Cl2N3O6S.Na/c1-3-16-19(27)10-11-21(25(16)38(34,35)36)30-31-23-17-7-5-4-6-14(17)12-18(24(23)32)26(33)29-22-13-15(37-2)8-9-20(22)28;/h4-13,32H,3H2,1-2H3,(H,29,33)(H,34,35,36);/q;+1/p-1. The zero-order valence-corrected chi connectivity index (χ0v) is 25.4. The Balaban J connectivity index is 0.00000420. The van der Waals surface area contributed by atoms with Crippen molar-refractivity contribution in [3.05, 3.63) is 81.8 Å². The molecule has 1 amide bonds. The van der Waals surface area contributed by atoms with Gasteiger partial charge in [-0.1, -0.05) is 60.1 Å². The van der Waals surface area contributed by atoms with Crippen molar-refractivity contribution < 1.29 is 57.2 Å². The van der Waals surface area contributed by atoms with Gasteiger partial charge in [0.25, 0.3) is 16.0 Å². The van der Waals surface area contributed by atoms with Gasteiger partial charge in [-0.2, -0.15) is 13.5 Å². The minimum absolute atomic E-state index is 0. The Morgan fingerprint density at radius 2 is 1.74 bits per heavy atom. The van der Waals surface area contributed by atoms with E-state index in [0.717, 1.165) is 0 Å². The molecule has 196 valence electrons. The zero-order chi connectivity index (χ0) is 27.6. The number of anilines is 1. The van der Waals surface area contributed by atoms with E-state index in [0.29, 0.717) is 16.5 Å². The molecule has 0 unspecified atom stereocenters. The van der Waals surface area contributed by atoms with Crippen molar-refractivity contribution in [1.29, 1.82) is 0 Å². The number of methoxy groups -OCH3 is 1. The molecule has 9 nitrogen and oxygen atoms in total. The second kappa shape index (κ2) is 12.6. The number of carbonyl (C=O) groups is 1. The molecule has 0 saturated carbocycles. The summed E-state index contributed by atoms with van der Waals surface area (Å²) in [5, 5.41) is 25.3. The third kappa shape index (κ3) is 6.55. The maximum Gasteiger partial charge on any atom is 1.00 e. The zero-order valence-electron chi connectivity index (χ0n) is 21.0. The third-order valence-corrected chi connectivity index (χ3v) is 7.35. The number of nitrogens with one attached hydrogen (secondary N) is 1. The van der Waals surface area contributed by atoms with E-state index in [1.807, 2.05) is 0 Å². The number of benzene rings is 4. The summed E-state index contributed by atoms with van der Waals surface area (Å²) in [6, 6.07) is 15.5. The van der Waals surface area contributed by atoms with Crippen LogP contribution in [0.25, 0.3) is 10.8 Å². The number of halogens is 2. The molecule has 0 heterocycles. The fraction of sp³-hybridized carbons (Fsp3) is 0.115. The molecule has 4 aromatic rings. The summed E-state index contributed by atoms with van der Waals surface area (Å²) in [6.07, 6.45) is 0.190. The van der Waals surface area contributed by atoms with Crippen LogP contribution in [0.1, 0.15) is 22.8 Å². The topological polar surface area (TPSA) is 140 Å². The molecule has 4 aromatic carbocycles. The molecule has 0 spiro atoms. The van der Waals surface area contributed by atoms with Gasteiger partial charge >= 0.3 is 29.6 Å². The molecule has 0 atom stereocenters. The number of carbonyl (C=O) groups excluding carboxylic acids is 1. The number of hydrogen-bond donors (Lipinski definition) is 2. The van der Waals surface area contributed by atoms with Gasteiger partial charge in [0.15, 0.2) is 0 Å². The molecule has 39 heavy (non-hydrogen) atoms. The molecule has 0 fully saturated rings. The molecule has 0 aliphatic rings. The van der Waals surface area contributed by atoms with Crippen molar-refractivity contribution in [3.63, 3.8) is 0 Å². The Kier molecular flexibility index (Phi) is 10.0. The molecule has 13 heteroatoms. The van der Waals surface area contributed by atoms with Crippen LogP contribution in [0.4, 0.5) is 17.1 Å². The maximum atomic E-state index is 13.4. The van der Waals surface area contributed by atoms with Gasteiger partial charge in [-0.3, -0.25) is 9.35 Å². The molecule has 2 N–H and O–H groups in total. The van der Waals surface area contributed by atoms with Crippen LogP contribution in [-0.2, 0) is 16.5 Å². The summed E-state index contributed by atoms with van der Waals surface area (Å²) in [5.74, 6) is -1.04. The third-order valence-electron chi connectivity index (χ3n) is 5.69. The number of azo groups is 1. The Hall–Kier alpha value is -2.70. The largest absolute Gasteiger partial charge is 1.00 e. The van der Waals surface area contributed by atoms with Crippen LogP contribution < -0.4 is 44.7 Å². The predicted molar refractivity (Wildman–Crippen MR) is 144 cm³/mol. The normalized spacial score (nSPS) is 11.4. The molecule has 4 rings (SSSR count). The van der Waals surface area contributed by atoms with Crippen LogP contribution in [-0.4, -0.2) is 26.0 Å². The summed E-state index contributed by atoms with van der Waals surface area (Å²) >= 11 is 12.3. The van der Waals surface area contributed by atoms with Gasteiger partial charge in [-0.05, 0) is 47.7 Å². The molecule has 0 saturated heterocycles. The first-order chi connectivity index (χ1) is 18.0. The number of amides is 1. The summed E-state index contributed by atoms with van der Waals surface area (Å²) in [7, 11) is -3.26. The van der Waals surface area contributed by atoms with E-state index in [4.69, 9.17) is 27.9 Å². The SMILES string of the molecule is CCc1c(Cl)ccc(N=Nc2c([O-])c(C(=O)Nc3cc(OC)ccc3Cl)cc3ccccc23)c1S(=O)(=O)O.[Na+]. The predicted octanol–water partition coefficient (Wildman–Crippen LogP) is 3.71. The number of fused-ring (bicyclic) bond motifs is 1. The summed E-state index contributed by atoms with van der Waals surface area (Å²) in [5.41, 5.74) is -0.259. The van der Waals surface area contributed by atoms with E-state index < -0.39 is 26.7 Å². The number of nitrogens with zero attached hydrogens (tertiary/aromatic N) is 2. The van der Waals surface area contributed by atoms with E-state index in [-0.39, 0.29) is 74.2 Å².